The molecule has 0 aliphatic carbocycles. The normalized spacial score (nSPS) is 17.6. The van der Waals surface area contributed by atoms with E-state index >= 15 is 0 Å². The van der Waals surface area contributed by atoms with Gasteiger partial charge in [0.1, 0.15) is 0 Å². The molecule has 146 valence electrons. The molecule has 0 saturated carbocycles. The summed E-state index contributed by atoms with van der Waals surface area (Å²) in [5, 5.41) is 6.72. The Morgan fingerprint density at radius 3 is 2.62 bits per heavy atom. The third-order valence-corrected chi connectivity index (χ3v) is 4.89. The fraction of sp³-hybridized carbons (Fsp3) is 0.556. The Kier molecular flexibility index (Phi) is 9.15. The van der Waals surface area contributed by atoms with E-state index < -0.39 is 5.41 Å². The lowest BCUT2D eigenvalue weighted by atomic mass is 9.93. The Morgan fingerprint density at radius 1 is 1.38 bits per heavy atom. The molecule has 1 aliphatic rings. The van der Waals surface area contributed by atoms with Crippen molar-refractivity contribution in [2.75, 3.05) is 31.1 Å². The second kappa shape index (κ2) is 10.3. The first-order valence-electron chi connectivity index (χ1n) is 8.67. The summed E-state index contributed by atoms with van der Waals surface area (Å²) in [7, 11) is 0. The zero-order chi connectivity index (χ0) is 18.4. The maximum atomic E-state index is 11.5. The van der Waals surface area contributed by atoms with E-state index in [1.54, 1.807) is 0 Å². The fourth-order valence-electron chi connectivity index (χ4n) is 2.63. The Balaban J connectivity index is 0.00000338. The molecular formula is C18H29BrIN5O. The van der Waals surface area contributed by atoms with E-state index in [9.17, 15) is 4.79 Å². The van der Waals surface area contributed by atoms with Gasteiger partial charge in [0.2, 0.25) is 5.91 Å². The van der Waals surface area contributed by atoms with Gasteiger partial charge in [0.05, 0.1) is 12.0 Å². The van der Waals surface area contributed by atoms with E-state index in [0.29, 0.717) is 12.6 Å². The van der Waals surface area contributed by atoms with Crippen molar-refractivity contribution in [2.45, 2.75) is 33.2 Å². The molecule has 6 nitrogen and oxygen atoms in total. The van der Waals surface area contributed by atoms with Crippen LogP contribution in [0.5, 0.6) is 0 Å². The van der Waals surface area contributed by atoms with Gasteiger partial charge in [-0.1, -0.05) is 15.9 Å². The third kappa shape index (κ3) is 6.61. The van der Waals surface area contributed by atoms with Gasteiger partial charge in [-0.15, -0.1) is 24.0 Å². The molecule has 1 atom stereocenters. The number of hydrogen-bond acceptors (Lipinski definition) is 3. The molecule has 0 radical (unpaired) electrons. The smallest absolute Gasteiger partial charge is 0.224 e. The number of halogens is 2. The van der Waals surface area contributed by atoms with Crippen molar-refractivity contribution in [3.05, 3.63) is 28.7 Å². The number of anilines is 1. The van der Waals surface area contributed by atoms with Gasteiger partial charge in [0.25, 0.3) is 0 Å². The van der Waals surface area contributed by atoms with Crippen LogP contribution in [0.4, 0.5) is 5.69 Å². The summed E-state index contributed by atoms with van der Waals surface area (Å²) in [6.07, 6.45) is 1.04. The standard InChI is InChI=1S/C18H28BrN5O.HI/c1-4-21-17(22-12-18(2,3)16(20)25)23-14-9-10-24(11-14)15-7-5-13(19)6-8-15;/h5-8,14H,4,9-12H2,1-3H3,(H2,20,25)(H2,21,22,23);1H. The van der Waals surface area contributed by atoms with Crippen LogP contribution in [0.2, 0.25) is 0 Å². The molecular weight excluding hydrogens is 509 g/mol. The van der Waals surface area contributed by atoms with Crippen LogP contribution in [0.3, 0.4) is 0 Å². The topological polar surface area (TPSA) is 82.7 Å². The molecule has 0 bridgehead atoms. The lowest BCUT2D eigenvalue weighted by Crippen LogP contribution is -2.45. The van der Waals surface area contributed by atoms with Crippen LogP contribution in [0.25, 0.3) is 0 Å². The first kappa shape index (κ1) is 23.0. The number of carbonyl (C=O) groups is 1. The molecule has 1 amide bonds. The number of nitrogens with one attached hydrogen (secondary N) is 2. The highest BCUT2D eigenvalue weighted by Crippen LogP contribution is 2.22. The molecule has 8 heteroatoms. The summed E-state index contributed by atoms with van der Waals surface area (Å²) in [5.41, 5.74) is 6.00. The minimum absolute atomic E-state index is 0. The summed E-state index contributed by atoms with van der Waals surface area (Å²) in [4.78, 5) is 18.4. The highest BCUT2D eigenvalue weighted by Gasteiger charge is 2.26. The van der Waals surface area contributed by atoms with Crippen LogP contribution in [-0.2, 0) is 4.79 Å². The van der Waals surface area contributed by atoms with E-state index in [0.717, 1.165) is 36.5 Å². The van der Waals surface area contributed by atoms with Gasteiger partial charge in [0.15, 0.2) is 5.96 Å². The van der Waals surface area contributed by atoms with Crippen molar-refractivity contribution in [1.82, 2.24) is 10.6 Å². The SMILES string of the molecule is CCNC(=NCC(C)(C)C(N)=O)NC1CCN(c2ccc(Br)cc2)C1.I. The first-order valence-corrected chi connectivity index (χ1v) is 9.46. The summed E-state index contributed by atoms with van der Waals surface area (Å²) >= 11 is 3.47. The Bertz CT molecular complexity index is 621. The van der Waals surface area contributed by atoms with Crippen molar-refractivity contribution >= 4 is 57.5 Å². The molecule has 4 N–H and O–H groups in total. The number of rotatable bonds is 6. The van der Waals surface area contributed by atoms with Gasteiger partial charge in [-0.05, 0) is 51.5 Å². The van der Waals surface area contributed by atoms with Crippen molar-refractivity contribution in [3.8, 4) is 0 Å². The highest BCUT2D eigenvalue weighted by atomic mass is 127. The number of nitrogens with two attached hydrogens (primary N) is 1. The Labute approximate surface area is 181 Å². The van der Waals surface area contributed by atoms with Gasteiger partial charge >= 0.3 is 0 Å². The molecule has 2 rings (SSSR count). The summed E-state index contributed by atoms with van der Waals surface area (Å²) in [6, 6.07) is 8.70. The van der Waals surface area contributed by atoms with Crippen LogP contribution in [-0.4, -0.2) is 44.1 Å². The molecule has 0 spiro atoms. The fourth-order valence-corrected chi connectivity index (χ4v) is 2.90. The summed E-state index contributed by atoms with van der Waals surface area (Å²) < 4.78 is 1.09. The molecule has 1 unspecified atom stereocenters. The monoisotopic (exact) mass is 537 g/mol. The number of hydrogen-bond donors (Lipinski definition) is 3. The van der Waals surface area contributed by atoms with E-state index in [1.807, 2.05) is 20.8 Å². The van der Waals surface area contributed by atoms with Crippen molar-refractivity contribution in [3.63, 3.8) is 0 Å². The number of carbonyl (C=O) groups excluding carboxylic acids is 1. The maximum Gasteiger partial charge on any atom is 0.224 e. The molecule has 1 aromatic carbocycles. The number of nitrogens with zero attached hydrogens (tertiary/aromatic N) is 2. The van der Waals surface area contributed by atoms with Gasteiger partial charge in [-0.3, -0.25) is 9.79 Å². The largest absolute Gasteiger partial charge is 0.369 e. The summed E-state index contributed by atoms with van der Waals surface area (Å²) in [6.45, 7) is 8.71. The average Bonchev–Trinajstić information content (AvgIpc) is 3.02. The quantitative estimate of drug-likeness (QED) is 0.296. The second-order valence-electron chi connectivity index (χ2n) is 7.00. The molecule has 0 aromatic heterocycles. The van der Waals surface area contributed by atoms with Gasteiger partial charge in [-0.25, -0.2) is 0 Å². The summed E-state index contributed by atoms with van der Waals surface area (Å²) in [5.74, 6) is 0.397. The predicted molar refractivity (Wildman–Crippen MR) is 122 cm³/mol. The molecule has 1 saturated heterocycles. The van der Waals surface area contributed by atoms with Crippen LogP contribution in [0.15, 0.2) is 33.7 Å². The van der Waals surface area contributed by atoms with Crippen LogP contribution < -0.4 is 21.3 Å². The van der Waals surface area contributed by atoms with E-state index in [4.69, 9.17) is 5.73 Å². The Morgan fingerprint density at radius 2 is 2.04 bits per heavy atom. The number of aliphatic imine (C=N–C) groups is 1. The average molecular weight is 538 g/mol. The Hall–Kier alpha value is -1.03. The van der Waals surface area contributed by atoms with Crippen LogP contribution >= 0.6 is 39.9 Å². The molecule has 1 fully saturated rings. The highest BCUT2D eigenvalue weighted by molar-refractivity contribution is 14.0. The molecule has 1 aliphatic heterocycles. The lowest BCUT2D eigenvalue weighted by molar-refractivity contribution is -0.125. The first-order chi connectivity index (χ1) is 11.8. The number of benzene rings is 1. The van der Waals surface area contributed by atoms with Crippen molar-refractivity contribution < 1.29 is 4.79 Å². The number of amides is 1. The molecule has 26 heavy (non-hydrogen) atoms. The van der Waals surface area contributed by atoms with Crippen molar-refractivity contribution in [1.29, 1.82) is 0 Å². The van der Waals surface area contributed by atoms with Crippen LogP contribution in [0.1, 0.15) is 27.2 Å². The number of guanidine groups is 1. The molecule has 1 aromatic rings. The second-order valence-corrected chi connectivity index (χ2v) is 7.91. The zero-order valence-corrected chi connectivity index (χ0v) is 19.5. The zero-order valence-electron chi connectivity index (χ0n) is 15.6. The van der Waals surface area contributed by atoms with Gasteiger partial charge in [-0.2, -0.15) is 0 Å². The van der Waals surface area contributed by atoms with Gasteiger partial charge in [0, 0.05) is 35.8 Å². The maximum absolute atomic E-state index is 11.5. The number of primary amides is 1. The van der Waals surface area contributed by atoms with Gasteiger partial charge < -0.3 is 21.3 Å². The molecule has 1 heterocycles. The van der Waals surface area contributed by atoms with E-state index in [2.05, 4.69) is 60.7 Å². The predicted octanol–water partition coefficient (Wildman–Crippen LogP) is 2.71. The lowest BCUT2D eigenvalue weighted by Gasteiger charge is -2.22. The third-order valence-electron chi connectivity index (χ3n) is 4.36. The van der Waals surface area contributed by atoms with E-state index in [1.165, 1.54) is 5.69 Å². The van der Waals surface area contributed by atoms with Crippen LogP contribution in [0, 0.1) is 5.41 Å². The minimum Gasteiger partial charge on any atom is -0.369 e. The minimum atomic E-state index is -0.651. The van der Waals surface area contributed by atoms with E-state index in [-0.39, 0.29) is 29.9 Å². The van der Waals surface area contributed by atoms with Crippen molar-refractivity contribution in [2.24, 2.45) is 16.1 Å².